The topological polar surface area (TPSA) is 86.3 Å². The molecule has 0 spiro atoms. The first-order valence-electron chi connectivity index (χ1n) is 9.64. The van der Waals surface area contributed by atoms with E-state index in [1.807, 2.05) is 17.0 Å². The lowest BCUT2D eigenvalue weighted by atomic mass is 9.95. The van der Waals surface area contributed by atoms with Gasteiger partial charge in [-0.1, -0.05) is 23.8 Å². The Morgan fingerprint density at radius 3 is 2.45 bits per heavy atom. The monoisotopic (exact) mass is 426 g/mol. The van der Waals surface area contributed by atoms with E-state index in [4.69, 9.17) is 5.73 Å². The largest absolute Gasteiger partial charge is 0.368 e. The van der Waals surface area contributed by atoms with Crippen LogP contribution in [0, 0.1) is 11.6 Å². The number of amides is 1. The van der Waals surface area contributed by atoms with Crippen LogP contribution in [0.1, 0.15) is 29.3 Å². The Labute approximate surface area is 179 Å². The highest BCUT2D eigenvalue weighted by Gasteiger charge is 2.20. The summed E-state index contributed by atoms with van der Waals surface area (Å²) in [5.41, 5.74) is 9.19. The van der Waals surface area contributed by atoms with Gasteiger partial charge in [-0.2, -0.15) is 10.2 Å². The summed E-state index contributed by atoms with van der Waals surface area (Å²) in [6.07, 6.45) is 0.821. The van der Waals surface area contributed by atoms with E-state index in [0.717, 1.165) is 36.2 Å². The van der Waals surface area contributed by atoms with Crippen molar-refractivity contribution in [2.24, 2.45) is 15.9 Å². The van der Waals surface area contributed by atoms with Gasteiger partial charge in [0.25, 0.3) is 5.91 Å². The molecule has 0 unspecified atom stereocenters. The number of benzene rings is 2. The number of anilines is 1. The first-order chi connectivity index (χ1) is 14.8. The van der Waals surface area contributed by atoms with Gasteiger partial charge < -0.3 is 16.0 Å². The second-order valence-corrected chi connectivity index (χ2v) is 7.15. The SMILES string of the molecule is C=NN(C)/N=C(\N)N1CCC(C)=C(c2ccc(NC(=O)c3c(F)cccc3F)cc2)C1. The molecule has 1 heterocycles. The normalized spacial score (nSPS) is 14.5. The fraction of sp³-hybridized carbons (Fsp3) is 0.227. The molecule has 31 heavy (non-hydrogen) atoms. The lowest BCUT2D eigenvalue weighted by Crippen LogP contribution is -2.42. The minimum absolute atomic E-state index is 0.343. The number of nitrogens with one attached hydrogen (secondary N) is 1. The Kier molecular flexibility index (Phi) is 6.64. The molecule has 0 bridgehead atoms. The predicted molar refractivity (Wildman–Crippen MR) is 118 cm³/mol. The molecule has 0 saturated carbocycles. The maximum Gasteiger partial charge on any atom is 0.261 e. The summed E-state index contributed by atoms with van der Waals surface area (Å²) >= 11 is 0. The molecular formula is C22H24F2N6O. The van der Waals surface area contributed by atoms with E-state index in [1.165, 1.54) is 16.8 Å². The van der Waals surface area contributed by atoms with Crippen molar-refractivity contribution in [3.8, 4) is 0 Å². The summed E-state index contributed by atoms with van der Waals surface area (Å²) in [5, 5.41) is 11.7. The van der Waals surface area contributed by atoms with Crippen LogP contribution in [-0.2, 0) is 0 Å². The summed E-state index contributed by atoms with van der Waals surface area (Å²) in [5.74, 6) is -2.32. The second kappa shape index (κ2) is 9.38. The molecule has 1 aliphatic heterocycles. The highest BCUT2D eigenvalue weighted by atomic mass is 19.1. The molecular weight excluding hydrogens is 402 g/mol. The number of hydrazone groups is 2. The predicted octanol–water partition coefficient (Wildman–Crippen LogP) is 3.47. The summed E-state index contributed by atoms with van der Waals surface area (Å²) in [7, 11) is 1.64. The average molecular weight is 426 g/mol. The van der Waals surface area contributed by atoms with Gasteiger partial charge in [-0.05, 0) is 48.7 Å². The number of guanidine groups is 1. The highest BCUT2D eigenvalue weighted by molar-refractivity contribution is 6.04. The van der Waals surface area contributed by atoms with Crippen molar-refractivity contribution in [3.05, 3.63) is 70.8 Å². The maximum absolute atomic E-state index is 13.8. The van der Waals surface area contributed by atoms with Crippen LogP contribution in [0.25, 0.3) is 5.57 Å². The van der Waals surface area contributed by atoms with Gasteiger partial charge in [0.1, 0.15) is 17.2 Å². The van der Waals surface area contributed by atoms with Crippen molar-refractivity contribution < 1.29 is 13.6 Å². The molecule has 1 amide bonds. The van der Waals surface area contributed by atoms with Crippen LogP contribution in [0.4, 0.5) is 14.5 Å². The number of nitrogens with zero attached hydrogens (tertiary/aromatic N) is 4. The first kappa shape index (κ1) is 21.9. The minimum Gasteiger partial charge on any atom is -0.368 e. The molecule has 1 aliphatic rings. The zero-order valence-corrected chi connectivity index (χ0v) is 17.4. The van der Waals surface area contributed by atoms with E-state index in [9.17, 15) is 13.6 Å². The quantitative estimate of drug-likeness (QED) is 0.436. The molecule has 0 aromatic heterocycles. The Bertz CT molecular complexity index is 1030. The molecule has 2 aromatic carbocycles. The van der Waals surface area contributed by atoms with Gasteiger partial charge in [0.15, 0.2) is 0 Å². The second-order valence-electron chi connectivity index (χ2n) is 7.15. The third-order valence-corrected chi connectivity index (χ3v) is 5.08. The highest BCUT2D eigenvalue weighted by Crippen LogP contribution is 2.27. The number of carbonyl (C=O) groups is 1. The van der Waals surface area contributed by atoms with Gasteiger partial charge in [0.2, 0.25) is 5.96 Å². The van der Waals surface area contributed by atoms with Crippen LogP contribution in [0.15, 0.2) is 58.2 Å². The smallest absolute Gasteiger partial charge is 0.261 e. The van der Waals surface area contributed by atoms with E-state index < -0.39 is 23.1 Å². The molecule has 7 nitrogen and oxygen atoms in total. The van der Waals surface area contributed by atoms with E-state index in [1.54, 1.807) is 19.2 Å². The van der Waals surface area contributed by atoms with Gasteiger partial charge in [-0.3, -0.25) is 4.79 Å². The lowest BCUT2D eigenvalue weighted by Gasteiger charge is -2.31. The summed E-state index contributed by atoms with van der Waals surface area (Å²) in [6.45, 7) is 6.77. The number of carbonyl (C=O) groups excluding carboxylic acids is 1. The Hall–Kier alpha value is -3.75. The standard InChI is InChI=1S/C22H24F2N6O/c1-14-11-12-30(22(25)28-29(3)26-2)13-17(14)15-7-9-16(10-8-15)27-21(31)20-18(23)5-4-6-19(20)24/h4-10H,2,11-13H2,1,3H3,(H2,25,28)(H,27,31). The molecule has 0 radical (unpaired) electrons. The number of halogens is 2. The number of rotatable bonds is 5. The first-order valence-corrected chi connectivity index (χ1v) is 9.64. The van der Waals surface area contributed by atoms with Crippen molar-refractivity contribution >= 4 is 29.8 Å². The van der Waals surface area contributed by atoms with Crippen molar-refractivity contribution in [3.63, 3.8) is 0 Å². The fourth-order valence-corrected chi connectivity index (χ4v) is 3.30. The van der Waals surface area contributed by atoms with E-state index in [0.29, 0.717) is 18.2 Å². The summed E-state index contributed by atoms with van der Waals surface area (Å²) in [4.78, 5) is 14.2. The van der Waals surface area contributed by atoms with Crippen LogP contribution < -0.4 is 11.1 Å². The van der Waals surface area contributed by atoms with E-state index in [2.05, 4.69) is 29.2 Å². The Balaban J connectivity index is 1.75. The van der Waals surface area contributed by atoms with Crippen LogP contribution in [0.5, 0.6) is 0 Å². The van der Waals surface area contributed by atoms with Gasteiger partial charge in [-0.25, -0.2) is 8.78 Å². The lowest BCUT2D eigenvalue weighted by molar-refractivity contribution is 0.101. The summed E-state index contributed by atoms with van der Waals surface area (Å²) < 4.78 is 27.6. The van der Waals surface area contributed by atoms with E-state index in [-0.39, 0.29) is 0 Å². The molecule has 3 rings (SSSR count). The molecule has 3 N–H and O–H groups in total. The summed E-state index contributed by atoms with van der Waals surface area (Å²) in [6, 6.07) is 10.4. The van der Waals surface area contributed by atoms with Crippen LogP contribution in [0.3, 0.4) is 0 Å². The van der Waals surface area contributed by atoms with Crippen molar-refractivity contribution in [2.45, 2.75) is 13.3 Å². The van der Waals surface area contributed by atoms with Gasteiger partial charge in [0, 0.05) is 32.5 Å². The van der Waals surface area contributed by atoms with Crippen molar-refractivity contribution in [2.75, 3.05) is 25.5 Å². The molecule has 0 aliphatic carbocycles. The molecule has 162 valence electrons. The van der Waals surface area contributed by atoms with Crippen molar-refractivity contribution in [1.29, 1.82) is 0 Å². The molecule has 0 fully saturated rings. The molecule has 9 heteroatoms. The van der Waals surface area contributed by atoms with Gasteiger partial charge >= 0.3 is 0 Å². The minimum atomic E-state index is -0.909. The Morgan fingerprint density at radius 1 is 1.19 bits per heavy atom. The fourth-order valence-electron chi connectivity index (χ4n) is 3.30. The number of hydrogen-bond donors (Lipinski definition) is 2. The van der Waals surface area contributed by atoms with Crippen LogP contribution >= 0.6 is 0 Å². The van der Waals surface area contributed by atoms with Gasteiger partial charge in [0.05, 0.1) is 0 Å². The third-order valence-electron chi connectivity index (χ3n) is 5.08. The zero-order valence-electron chi connectivity index (χ0n) is 17.4. The number of hydrogen-bond acceptors (Lipinski definition) is 4. The molecule has 0 atom stereocenters. The van der Waals surface area contributed by atoms with Crippen LogP contribution in [-0.4, -0.2) is 48.7 Å². The zero-order chi connectivity index (χ0) is 22.5. The van der Waals surface area contributed by atoms with Crippen LogP contribution in [0.2, 0.25) is 0 Å². The third kappa shape index (κ3) is 5.06. The van der Waals surface area contributed by atoms with Crippen molar-refractivity contribution in [1.82, 2.24) is 10.0 Å². The van der Waals surface area contributed by atoms with Gasteiger partial charge in [-0.15, -0.1) is 5.10 Å². The molecule has 0 saturated heterocycles. The molecule has 2 aromatic rings. The Morgan fingerprint density at radius 2 is 1.84 bits per heavy atom. The van der Waals surface area contributed by atoms with E-state index >= 15 is 0 Å². The maximum atomic E-state index is 13.8. The average Bonchev–Trinajstić information content (AvgIpc) is 2.74. The number of nitrogens with two attached hydrogens (primary N) is 1.